The molecule has 0 aromatic rings. The standard InChI is InChI=1S/C40H65N3O4/c1-26-10-17-40(46-25-26)27(2)37-34(47-40)23-33-31-9-8-28-22-29(11-15-38(28,3)32(31)12-16-39(33,37)4)41-35(44)24-36(45)43-20-13-30(14-21-43)42-18-6-5-7-19-42/h26-34,37H,5-25H2,1-4H3,(H,41,44)/t26-,27-,28+,29-,31+,32-,33-,34-,37-,38-,39-,40+/m0/s1. The van der Waals surface area contributed by atoms with Crippen molar-refractivity contribution < 1.29 is 19.1 Å². The third-order valence-electron chi connectivity index (χ3n) is 16.3. The number of nitrogens with zero attached hydrogens (tertiary/aromatic N) is 2. The van der Waals surface area contributed by atoms with Gasteiger partial charge in [-0.25, -0.2) is 0 Å². The molecular weight excluding hydrogens is 586 g/mol. The summed E-state index contributed by atoms with van der Waals surface area (Å²) in [6, 6.07) is 0.841. The van der Waals surface area contributed by atoms with E-state index in [-0.39, 0.29) is 30.1 Å². The van der Waals surface area contributed by atoms with Crippen molar-refractivity contribution in [1.29, 1.82) is 0 Å². The van der Waals surface area contributed by atoms with E-state index in [4.69, 9.17) is 9.47 Å². The molecule has 4 saturated heterocycles. The molecule has 8 rings (SSSR count). The Morgan fingerprint density at radius 1 is 0.809 bits per heavy atom. The molecule has 1 spiro atoms. The number of nitrogens with one attached hydrogen (secondary N) is 1. The molecule has 264 valence electrons. The quantitative estimate of drug-likeness (QED) is 0.339. The van der Waals surface area contributed by atoms with Gasteiger partial charge in [0.25, 0.3) is 0 Å². The summed E-state index contributed by atoms with van der Waals surface area (Å²) in [7, 11) is 0. The first kappa shape index (κ1) is 33.0. The predicted molar refractivity (Wildman–Crippen MR) is 183 cm³/mol. The van der Waals surface area contributed by atoms with Crippen LogP contribution in [0.15, 0.2) is 0 Å². The van der Waals surface area contributed by atoms with Crippen LogP contribution in [-0.2, 0) is 19.1 Å². The van der Waals surface area contributed by atoms with Gasteiger partial charge in [-0.15, -0.1) is 0 Å². The molecule has 0 aromatic heterocycles. The molecule has 8 aliphatic rings. The van der Waals surface area contributed by atoms with Crippen molar-refractivity contribution in [2.24, 2.45) is 52.3 Å². The average molecular weight is 652 g/mol. The van der Waals surface area contributed by atoms with E-state index in [1.54, 1.807) is 0 Å². The molecule has 0 unspecified atom stereocenters. The molecule has 12 atom stereocenters. The lowest BCUT2D eigenvalue weighted by Crippen LogP contribution is -2.56. The molecule has 0 bridgehead atoms. The topological polar surface area (TPSA) is 71.1 Å². The third-order valence-corrected chi connectivity index (χ3v) is 16.3. The summed E-state index contributed by atoms with van der Waals surface area (Å²) >= 11 is 0. The minimum Gasteiger partial charge on any atom is -0.353 e. The number of ether oxygens (including phenoxy) is 2. The Morgan fingerprint density at radius 3 is 2.32 bits per heavy atom. The van der Waals surface area contributed by atoms with Crippen LogP contribution < -0.4 is 5.32 Å². The molecule has 1 N–H and O–H groups in total. The Morgan fingerprint density at radius 2 is 1.57 bits per heavy atom. The second kappa shape index (κ2) is 12.5. The van der Waals surface area contributed by atoms with Gasteiger partial charge in [0.1, 0.15) is 6.42 Å². The Kier molecular flexibility index (Phi) is 8.81. The summed E-state index contributed by atoms with van der Waals surface area (Å²) in [5.41, 5.74) is 0.735. The van der Waals surface area contributed by atoms with Crippen molar-refractivity contribution >= 4 is 11.8 Å². The maximum atomic E-state index is 13.2. The molecule has 0 aromatic carbocycles. The second-order valence-corrected chi connectivity index (χ2v) is 18.6. The van der Waals surface area contributed by atoms with Crippen molar-refractivity contribution in [1.82, 2.24) is 15.1 Å². The molecule has 0 radical (unpaired) electrons. The first-order valence-corrected chi connectivity index (χ1v) is 20.2. The third kappa shape index (κ3) is 5.63. The van der Waals surface area contributed by atoms with E-state index in [2.05, 4.69) is 37.9 Å². The number of carbonyl (C=O) groups excluding carboxylic acids is 2. The van der Waals surface area contributed by atoms with Gasteiger partial charge in [0.15, 0.2) is 5.79 Å². The number of fused-ring (bicyclic) bond motifs is 7. The number of hydrogen-bond acceptors (Lipinski definition) is 5. The lowest BCUT2D eigenvalue weighted by atomic mass is 9.44. The molecule has 7 heteroatoms. The number of piperidine rings is 2. The maximum Gasteiger partial charge on any atom is 0.232 e. The summed E-state index contributed by atoms with van der Waals surface area (Å²) in [4.78, 5) is 30.9. The van der Waals surface area contributed by atoms with E-state index in [0.717, 1.165) is 69.6 Å². The number of likely N-dealkylation sites (tertiary alicyclic amines) is 2. The highest BCUT2D eigenvalue weighted by Crippen LogP contribution is 2.71. The highest BCUT2D eigenvalue weighted by molar-refractivity contribution is 5.97. The van der Waals surface area contributed by atoms with E-state index < -0.39 is 0 Å². The van der Waals surface area contributed by atoms with Crippen LogP contribution in [0, 0.1) is 52.3 Å². The Labute approximate surface area is 285 Å². The lowest BCUT2D eigenvalue weighted by molar-refractivity contribution is -0.273. The maximum absolute atomic E-state index is 13.2. The highest BCUT2D eigenvalue weighted by Gasteiger charge is 2.69. The number of carbonyl (C=O) groups is 2. The van der Waals surface area contributed by atoms with Gasteiger partial charge >= 0.3 is 0 Å². The van der Waals surface area contributed by atoms with Crippen LogP contribution in [0.3, 0.4) is 0 Å². The molecule has 4 saturated carbocycles. The minimum atomic E-state index is -0.326. The van der Waals surface area contributed by atoms with Gasteiger partial charge in [0.05, 0.1) is 12.7 Å². The Bertz CT molecular complexity index is 1170. The summed E-state index contributed by atoms with van der Waals surface area (Å²) in [6.45, 7) is 14.9. The zero-order valence-electron chi connectivity index (χ0n) is 30.2. The smallest absolute Gasteiger partial charge is 0.232 e. The molecule has 4 aliphatic heterocycles. The minimum absolute atomic E-state index is 0.0198. The van der Waals surface area contributed by atoms with E-state index in [0.29, 0.717) is 46.6 Å². The molecule has 47 heavy (non-hydrogen) atoms. The highest BCUT2D eigenvalue weighted by atomic mass is 16.7. The van der Waals surface area contributed by atoms with Gasteiger partial charge in [-0.3, -0.25) is 9.59 Å². The Balaban J connectivity index is 0.841. The van der Waals surface area contributed by atoms with Gasteiger partial charge in [-0.05, 0) is 143 Å². The fourth-order valence-electron chi connectivity index (χ4n) is 13.7. The van der Waals surface area contributed by atoms with Gasteiger partial charge in [-0.1, -0.05) is 34.1 Å². The number of rotatable bonds is 4. The zero-order valence-corrected chi connectivity index (χ0v) is 30.2. The normalized spacial score (nSPS) is 48.8. The van der Waals surface area contributed by atoms with Gasteiger partial charge in [-0.2, -0.15) is 0 Å². The summed E-state index contributed by atoms with van der Waals surface area (Å²) in [6.07, 6.45) is 18.7. The van der Waals surface area contributed by atoms with E-state index >= 15 is 0 Å². The number of amides is 2. The van der Waals surface area contributed by atoms with Crippen LogP contribution in [0.1, 0.15) is 130 Å². The molecule has 4 aliphatic carbocycles. The van der Waals surface area contributed by atoms with Gasteiger partial charge in [0.2, 0.25) is 11.8 Å². The van der Waals surface area contributed by atoms with Gasteiger partial charge in [0, 0.05) is 37.5 Å². The zero-order chi connectivity index (χ0) is 32.6. The SMILES string of the molecule is C[C@H]1CC[C@@]2(OC1)O[C@H]1C[C@H]3[C@@H]4CC[C@@H]5C[C@@H](NC(=O)CC(=O)N6CCC(N7CCCCC7)CC6)CC[C@]5(C)[C@H]4CC[C@]3(C)[C@H]1[C@@H]2C. The molecule has 2 amide bonds. The summed E-state index contributed by atoms with van der Waals surface area (Å²) < 4.78 is 13.5. The second-order valence-electron chi connectivity index (χ2n) is 18.6. The molecule has 4 heterocycles. The van der Waals surface area contributed by atoms with Crippen LogP contribution in [0.4, 0.5) is 0 Å². The fraction of sp³-hybridized carbons (Fsp3) is 0.950. The first-order valence-electron chi connectivity index (χ1n) is 20.2. The van der Waals surface area contributed by atoms with Crippen molar-refractivity contribution in [3.8, 4) is 0 Å². The van der Waals surface area contributed by atoms with Crippen molar-refractivity contribution in [2.45, 2.75) is 154 Å². The fourth-order valence-corrected chi connectivity index (χ4v) is 13.7. The van der Waals surface area contributed by atoms with Crippen molar-refractivity contribution in [2.75, 3.05) is 32.8 Å². The molecule has 8 fully saturated rings. The van der Waals surface area contributed by atoms with E-state index in [1.807, 2.05) is 4.90 Å². The van der Waals surface area contributed by atoms with Crippen LogP contribution in [0.5, 0.6) is 0 Å². The van der Waals surface area contributed by atoms with E-state index in [9.17, 15) is 9.59 Å². The Hall–Kier alpha value is -1.18. The first-order chi connectivity index (χ1) is 22.6. The molecule has 7 nitrogen and oxygen atoms in total. The van der Waals surface area contributed by atoms with Crippen LogP contribution in [0.2, 0.25) is 0 Å². The molecular formula is C40H65N3O4. The average Bonchev–Trinajstić information content (AvgIpc) is 3.52. The summed E-state index contributed by atoms with van der Waals surface area (Å²) in [5.74, 6) is 4.45. The van der Waals surface area contributed by atoms with Crippen LogP contribution in [-0.4, -0.2) is 78.4 Å². The lowest BCUT2D eigenvalue weighted by Gasteiger charge is -2.61. The van der Waals surface area contributed by atoms with Crippen molar-refractivity contribution in [3.63, 3.8) is 0 Å². The van der Waals surface area contributed by atoms with Crippen molar-refractivity contribution in [3.05, 3.63) is 0 Å². The number of hydrogen-bond donors (Lipinski definition) is 1. The monoisotopic (exact) mass is 651 g/mol. The van der Waals surface area contributed by atoms with Gasteiger partial charge < -0.3 is 24.6 Å². The van der Waals surface area contributed by atoms with Crippen LogP contribution in [0.25, 0.3) is 0 Å². The predicted octanol–water partition coefficient (Wildman–Crippen LogP) is 6.78. The van der Waals surface area contributed by atoms with E-state index in [1.165, 1.54) is 77.3 Å². The largest absolute Gasteiger partial charge is 0.353 e. The van der Waals surface area contributed by atoms with Crippen LogP contribution >= 0.6 is 0 Å². The summed E-state index contributed by atoms with van der Waals surface area (Å²) in [5, 5.41) is 3.35.